The van der Waals surface area contributed by atoms with Crippen molar-refractivity contribution < 1.29 is 9.53 Å². The Morgan fingerprint density at radius 2 is 2.16 bits per heavy atom. The molecule has 0 radical (unpaired) electrons. The highest BCUT2D eigenvalue weighted by molar-refractivity contribution is 7.21. The minimum absolute atomic E-state index is 0.0401. The summed E-state index contributed by atoms with van der Waals surface area (Å²) in [6.07, 6.45) is 2.33. The maximum absolute atomic E-state index is 12.6. The number of anilines is 1. The van der Waals surface area contributed by atoms with Gasteiger partial charge in [-0.05, 0) is 30.7 Å². The summed E-state index contributed by atoms with van der Waals surface area (Å²) in [5.74, 6) is 0.637. The van der Waals surface area contributed by atoms with Gasteiger partial charge in [-0.1, -0.05) is 0 Å². The molecule has 6 rings (SSSR count). The highest BCUT2D eigenvalue weighted by Gasteiger charge is 2.25. The van der Waals surface area contributed by atoms with Gasteiger partial charge in [-0.25, -0.2) is 15.0 Å². The molecular formula is C21H18ClN7O2S. The molecule has 1 atom stereocenters. The van der Waals surface area contributed by atoms with Gasteiger partial charge in [-0.15, -0.1) is 11.3 Å². The standard InChI is InChI=1S/C21H18ClN7O2S/c1-9-6-24-17-15-13(32-18(17)19(30)26-9)3-2-12-16(15)25-8-14(27-12)31-20-10-7-23-5-4-11(10)28-21(22)29-20/h2-3,8-9,23-24H,4-7H2,1H3,(H,26,30). The van der Waals surface area contributed by atoms with Crippen LogP contribution in [0.2, 0.25) is 5.28 Å². The summed E-state index contributed by atoms with van der Waals surface area (Å²) in [6, 6.07) is 3.89. The zero-order valence-corrected chi connectivity index (χ0v) is 18.6. The highest BCUT2D eigenvalue weighted by atomic mass is 35.5. The predicted octanol–water partition coefficient (Wildman–Crippen LogP) is 3.27. The number of carbonyl (C=O) groups excluding carboxylic acids is 1. The van der Waals surface area contributed by atoms with Gasteiger partial charge in [0.2, 0.25) is 17.0 Å². The molecule has 1 unspecified atom stereocenters. The fraction of sp³-hybridized carbons (Fsp3) is 0.286. The van der Waals surface area contributed by atoms with Crippen molar-refractivity contribution in [2.24, 2.45) is 0 Å². The van der Waals surface area contributed by atoms with Crippen LogP contribution in [-0.2, 0) is 13.0 Å². The molecule has 9 nitrogen and oxygen atoms in total. The number of carbonyl (C=O) groups is 1. The van der Waals surface area contributed by atoms with Crippen LogP contribution < -0.4 is 20.7 Å². The summed E-state index contributed by atoms with van der Waals surface area (Å²) >= 11 is 7.55. The summed E-state index contributed by atoms with van der Waals surface area (Å²) in [6.45, 7) is 4.06. The normalized spacial score (nSPS) is 17.9. The third-order valence-electron chi connectivity index (χ3n) is 5.58. The second-order valence-electron chi connectivity index (χ2n) is 7.83. The number of benzene rings is 1. The van der Waals surface area contributed by atoms with E-state index in [1.165, 1.54) is 11.3 Å². The lowest BCUT2D eigenvalue weighted by Gasteiger charge is -2.18. The fourth-order valence-corrected chi connectivity index (χ4v) is 5.35. The van der Waals surface area contributed by atoms with Crippen LogP contribution in [0.25, 0.3) is 21.1 Å². The summed E-state index contributed by atoms with van der Waals surface area (Å²) < 4.78 is 6.97. The predicted molar refractivity (Wildman–Crippen MR) is 123 cm³/mol. The molecule has 0 saturated heterocycles. The van der Waals surface area contributed by atoms with Crippen molar-refractivity contribution in [3.05, 3.63) is 39.7 Å². The third kappa shape index (κ3) is 3.22. The number of nitrogens with one attached hydrogen (secondary N) is 3. The Labute approximate surface area is 191 Å². The van der Waals surface area contributed by atoms with Gasteiger partial charge in [-0.3, -0.25) is 4.79 Å². The minimum atomic E-state index is -0.0706. The first kappa shape index (κ1) is 19.6. The van der Waals surface area contributed by atoms with E-state index in [2.05, 4.69) is 35.9 Å². The molecule has 0 spiro atoms. The maximum Gasteiger partial charge on any atom is 0.263 e. The van der Waals surface area contributed by atoms with Crippen LogP contribution in [-0.4, -0.2) is 45.0 Å². The van der Waals surface area contributed by atoms with Crippen LogP contribution >= 0.6 is 22.9 Å². The molecule has 32 heavy (non-hydrogen) atoms. The molecule has 0 fully saturated rings. The number of nitrogens with zero attached hydrogens (tertiary/aromatic N) is 4. The van der Waals surface area contributed by atoms with Crippen LogP contribution in [0, 0.1) is 0 Å². The Kier molecular flexibility index (Phi) is 4.60. The molecule has 162 valence electrons. The molecule has 2 aliphatic rings. The lowest BCUT2D eigenvalue weighted by molar-refractivity contribution is 0.0949. The first-order valence-corrected chi connectivity index (χ1v) is 11.5. The van der Waals surface area contributed by atoms with Crippen molar-refractivity contribution in [3.63, 3.8) is 0 Å². The first-order valence-electron chi connectivity index (χ1n) is 10.3. The van der Waals surface area contributed by atoms with Crippen molar-refractivity contribution in [3.8, 4) is 11.8 Å². The van der Waals surface area contributed by atoms with E-state index in [9.17, 15) is 4.79 Å². The van der Waals surface area contributed by atoms with Gasteiger partial charge < -0.3 is 20.7 Å². The maximum atomic E-state index is 12.6. The summed E-state index contributed by atoms with van der Waals surface area (Å²) in [4.78, 5) is 31.1. The van der Waals surface area contributed by atoms with Gasteiger partial charge >= 0.3 is 0 Å². The number of ether oxygens (including phenoxy) is 1. The molecular weight excluding hydrogens is 450 g/mol. The zero-order chi connectivity index (χ0) is 21.8. The number of fused-ring (bicyclic) bond motifs is 6. The summed E-state index contributed by atoms with van der Waals surface area (Å²) in [5.41, 5.74) is 3.95. The number of rotatable bonds is 2. The zero-order valence-electron chi connectivity index (χ0n) is 17.0. The molecule has 11 heteroatoms. The molecule has 1 aromatic carbocycles. The van der Waals surface area contributed by atoms with Gasteiger partial charge in [-0.2, -0.15) is 4.98 Å². The number of halogens is 1. The lowest BCUT2D eigenvalue weighted by atomic mass is 10.1. The van der Waals surface area contributed by atoms with E-state index in [-0.39, 0.29) is 17.2 Å². The number of thiophene rings is 1. The van der Waals surface area contributed by atoms with Crippen molar-refractivity contribution in [2.45, 2.75) is 25.9 Å². The first-order chi connectivity index (χ1) is 15.6. The second-order valence-corrected chi connectivity index (χ2v) is 9.22. The molecule has 3 N–H and O–H groups in total. The average Bonchev–Trinajstić information content (AvgIpc) is 3.10. The van der Waals surface area contributed by atoms with Gasteiger partial charge in [0.1, 0.15) is 4.88 Å². The van der Waals surface area contributed by atoms with E-state index in [1.807, 2.05) is 19.1 Å². The van der Waals surface area contributed by atoms with Gasteiger partial charge in [0.25, 0.3) is 5.91 Å². The molecule has 0 saturated carbocycles. The smallest absolute Gasteiger partial charge is 0.263 e. The Balaban J connectivity index is 1.44. The van der Waals surface area contributed by atoms with E-state index in [4.69, 9.17) is 16.3 Å². The number of amides is 1. The monoisotopic (exact) mass is 467 g/mol. The van der Waals surface area contributed by atoms with Crippen LogP contribution in [0.15, 0.2) is 18.3 Å². The lowest BCUT2D eigenvalue weighted by Crippen LogP contribution is -2.34. The van der Waals surface area contributed by atoms with E-state index >= 15 is 0 Å². The Morgan fingerprint density at radius 3 is 3.06 bits per heavy atom. The van der Waals surface area contributed by atoms with Gasteiger partial charge in [0.05, 0.1) is 34.2 Å². The largest absolute Gasteiger partial charge is 0.418 e. The van der Waals surface area contributed by atoms with E-state index in [0.717, 1.165) is 40.0 Å². The molecule has 2 aliphatic heterocycles. The number of hydrogen-bond donors (Lipinski definition) is 3. The topological polar surface area (TPSA) is 114 Å². The quantitative estimate of drug-likeness (QED) is 0.385. The van der Waals surface area contributed by atoms with Crippen molar-refractivity contribution in [1.29, 1.82) is 0 Å². The molecule has 4 aromatic rings. The molecule has 5 heterocycles. The van der Waals surface area contributed by atoms with E-state index in [1.54, 1.807) is 6.20 Å². The highest BCUT2D eigenvalue weighted by Crippen LogP contribution is 2.40. The molecule has 1 amide bonds. The van der Waals surface area contributed by atoms with Crippen LogP contribution in [0.5, 0.6) is 11.8 Å². The number of aromatic nitrogens is 4. The van der Waals surface area contributed by atoms with E-state index in [0.29, 0.717) is 40.8 Å². The fourth-order valence-electron chi connectivity index (χ4n) is 4.09. The SMILES string of the molecule is CC1CNc2c(sc3ccc4nc(Oc5nc(Cl)nc6c5CNCC6)cnc4c23)C(=O)N1. The van der Waals surface area contributed by atoms with Gasteiger partial charge in [0, 0.05) is 42.2 Å². The summed E-state index contributed by atoms with van der Waals surface area (Å²) in [5, 5.41) is 10.7. The number of hydrogen-bond acceptors (Lipinski definition) is 9. The summed E-state index contributed by atoms with van der Waals surface area (Å²) in [7, 11) is 0. The van der Waals surface area contributed by atoms with Crippen LogP contribution in [0.3, 0.4) is 0 Å². The Morgan fingerprint density at radius 1 is 1.25 bits per heavy atom. The van der Waals surface area contributed by atoms with Gasteiger partial charge in [0.15, 0.2) is 0 Å². The van der Waals surface area contributed by atoms with Crippen LogP contribution in [0.1, 0.15) is 27.9 Å². The van der Waals surface area contributed by atoms with E-state index < -0.39 is 0 Å². The van der Waals surface area contributed by atoms with Crippen LogP contribution in [0.4, 0.5) is 5.69 Å². The minimum Gasteiger partial charge on any atom is -0.418 e. The molecule has 0 aliphatic carbocycles. The molecule has 0 bridgehead atoms. The van der Waals surface area contributed by atoms with Crippen molar-refractivity contribution >= 4 is 55.7 Å². The molecule has 3 aromatic heterocycles. The third-order valence-corrected chi connectivity index (χ3v) is 6.90. The Bertz CT molecular complexity index is 1410. The van der Waals surface area contributed by atoms with Crippen molar-refractivity contribution in [2.75, 3.05) is 18.4 Å². The Hall–Kier alpha value is -3.08. The van der Waals surface area contributed by atoms with Crippen molar-refractivity contribution in [1.82, 2.24) is 30.6 Å². The second kappa shape index (κ2) is 7.51. The average molecular weight is 468 g/mol.